The van der Waals surface area contributed by atoms with Gasteiger partial charge in [-0.1, -0.05) is 45.9 Å². The highest BCUT2D eigenvalue weighted by atomic mass is 31.2. The van der Waals surface area contributed by atoms with Crippen LogP contribution in [0.5, 0.6) is 5.75 Å². The van der Waals surface area contributed by atoms with E-state index in [2.05, 4.69) is 15.2 Å². The maximum atomic E-state index is 16.7. The molecule has 18 heteroatoms. The van der Waals surface area contributed by atoms with Crippen molar-refractivity contribution in [3.63, 3.8) is 0 Å². The van der Waals surface area contributed by atoms with Crippen molar-refractivity contribution < 1.29 is 52.0 Å². The van der Waals surface area contributed by atoms with Crippen LogP contribution in [-0.2, 0) is 38.5 Å². The fraction of sp³-hybridized carbons (Fsp3) is 0.576. The maximum absolute atomic E-state index is 16.7. The molecule has 1 aliphatic rings. The smallest absolute Gasteiger partial charge is 0.459 e. The number of nitrogens with one attached hydrogen (secondary N) is 1. The number of hydrogen-bond acceptors (Lipinski definition) is 13. The number of aliphatic hydroxyl groups excluding tert-OH is 2. The molecule has 7 atom stereocenters. The van der Waals surface area contributed by atoms with Crippen LogP contribution in [0, 0.1) is 11.8 Å². The van der Waals surface area contributed by atoms with Gasteiger partial charge in [0.1, 0.15) is 42.0 Å². The molecule has 3 aromatic rings. The van der Waals surface area contributed by atoms with Crippen molar-refractivity contribution in [2.45, 2.75) is 89.1 Å². The number of anilines is 1. The van der Waals surface area contributed by atoms with Crippen molar-refractivity contribution in [1.29, 1.82) is 0 Å². The van der Waals surface area contributed by atoms with Crippen LogP contribution < -0.4 is 15.3 Å². The molecular weight excluding hydrogens is 704 g/mol. The summed E-state index contributed by atoms with van der Waals surface area (Å²) in [6, 6.07) is 9.70. The molecule has 5 N–H and O–H groups in total. The molecule has 1 saturated heterocycles. The lowest BCUT2D eigenvalue weighted by atomic mass is 9.93. The molecule has 0 radical (unpaired) electrons. The number of para-hydroxylation sites is 1. The van der Waals surface area contributed by atoms with Gasteiger partial charge in [0, 0.05) is 16.3 Å². The third-order valence-corrected chi connectivity index (χ3v) is 11.5. The Morgan fingerprint density at radius 3 is 2.37 bits per heavy atom. The largest absolute Gasteiger partial charge is 0.466 e. The Bertz CT molecular complexity index is 1690. The van der Waals surface area contributed by atoms with Crippen molar-refractivity contribution in [3.8, 4) is 5.75 Å². The van der Waals surface area contributed by atoms with E-state index in [1.165, 1.54) is 36.0 Å². The predicted molar refractivity (Wildman–Crippen MR) is 188 cm³/mol. The lowest BCUT2D eigenvalue weighted by Gasteiger charge is -2.31. The molecule has 0 spiro atoms. The van der Waals surface area contributed by atoms with E-state index in [0.29, 0.717) is 18.4 Å². The summed E-state index contributed by atoms with van der Waals surface area (Å²) in [5.74, 6) is -3.73. The zero-order chi connectivity index (χ0) is 37.6. The van der Waals surface area contributed by atoms with Gasteiger partial charge in [-0.2, -0.15) is 5.10 Å². The van der Waals surface area contributed by atoms with Crippen molar-refractivity contribution in [3.05, 3.63) is 54.5 Å². The Labute approximate surface area is 299 Å². The number of nitrogens with zero attached hydrogens (tertiary/aromatic N) is 3. The van der Waals surface area contributed by atoms with Crippen LogP contribution in [0.25, 0.3) is 5.52 Å². The van der Waals surface area contributed by atoms with Gasteiger partial charge in [0.15, 0.2) is 5.82 Å². The minimum absolute atomic E-state index is 0.0543. The normalized spacial score (nSPS) is 24.4. The predicted octanol–water partition coefficient (Wildman–Crippen LogP) is 2.83. The molecule has 51 heavy (non-hydrogen) atoms. The summed E-state index contributed by atoms with van der Waals surface area (Å²) in [5, 5.41) is 28.9. The lowest BCUT2D eigenvalue weighted by Crippen LogP contribution is -2.44. The number of esters is 2. The molecule has 282 valence electrons. The van der Waals surface area contributed by atoms with Gasteiger partial charge in [0.2, 0.25) is 0 Å². The van der Waals surface area contributed by atoms with Gasteiger partial charge in [0.05, 0.1) is 30.9 Å². The number of benzene rings is 1. The first kappa shape index (κ1) is 40.3. The van der Waals surface area contributed by atoms with Gasteiger partial charge < -0.3 is 34.7 Å². The van der Waals surface area contributed by atoms with Crippen LogP contribution in [0.1, 0.15) is 59.6 Å². The highest BCUT2D eigenvalue weighted by Crippen LogP contribution is 2.51. The van der Waals surface area contributed by atoms with Gasteiger partial charge >= 0.3 is 19.7 Å². The second kappa shape index (κ2) is 16.9. The van der Waals surface area contributed by atoms with Crippen LogP contribution in [0.15, 0.2) is 48.8 Å². The second-order valence-electron chi connectivity index (χ2n) is 13.7. The summed E-state index contributed by atoms with van der Waals surface area (Å²) in [6.07, 6.45) is -2.09. The Kier molecular flexibility index (Phi) is 13.4. The molecule has 3 heterocycles. The first-order chi connectivity index (χ1) is 24.0. The summed E-state index contributed by atoms with van der Waals surface area (Å²) >= 11 is 0. The number of fused-ring (bicyclic) bond motifs is 1. The monoisotopic (exact) mass is 753 g/mol. The van der Waals surface area contributed by atoms with Crippen LogP contribution >= 0.6 is 7.75 Å². The van der Waals surface area contributed by atoms with Gasteiger partial charge in [-0.25, -0.2) is 23.5 Å². The minimum Gasteiger partial charge on any atom is -0.466 e. The van der Waals surface area contributed by atoms with Crippen LogP contribution in [0.4, 0.5) is 10.2 Å². The van der Waals surface area contributed by atoms with Gasteiger partial charge in [-0.15, -0.1) is 0 Å². The molecule has 1 aromatic carbocycles. The fourth-order valence-corrected chi connectivity index (χ4v) is 7.91. The zero-order valence-corrected chi connectivity index (χ0v) is 32.6. The van der Waals surface area contributed by atoms with E-state index in [4.69, 9.17) is 29.0 Å². The van der Waals surface area contributed by atoms with E-state index >= 15 is 4.39 Å². The number of carbonyl (C=O) groups excluding carboxylic acids is 2. The Hall–Kier alpha value is -3.44. The molecule has 4 rings (SSSR count). The molecule has 1 fully saturated rings. The number of nitrogens with two attached hydrogens (primary N) is 1. The lowest BCUT2D eigenvalue weighted by molar-refractivity contribution is -0.217. The number of carbonyl (C=O) groups is 2. The maximum Gasteiger partial charge on any atom is 0.459 e. The molecule has 0 saturated carbocycles. The first-order valence-corrected chi connectivity index (χ1v) is 19.6. The Balaban J connectivity index is 1.61. The highest BCUT2D eigenvalue weighted by Gasteiger charge is 2.63. The number of alkyl halides is 1. The van der Waals surface area contributed by atoms with Crippen molar-refractivity contribution in [2.75, 3.05) is 25.6 Å². The quantitative estimate of drug-likeness (QED) is 0.0838. The summed E-state index contributed by atoms with van der Waals surface area (Å²) < 4.78 is 60.5. The van der Waals surface area contributed by atoms with Crippen molar-refractivity contribution >= 4 is 41.3 Å². The van der Waals surface area contributed by atoms with Gasteiger partial charge in [-0.3, -0.25) is 14.1 Å². The number of rotatable bonds is 18. The van der Waals surface area contributed by atoms with E-state index in [-0.39, 0.29) is 52.6 Å². The number of ether oxygens (including phenoxy) is 3. The molecule has 15 nitrogen and oxygen atoms in total. The number of aliphatic hydroxyl groups is 2. The summed E-state index contributed by atoms with van der Waals surface area (Å²) in [4.78, 5) is 30.1. The topological polar surface area (TPSA) is 206 Å². The Morgan fingerprint density at radius 2 is 1.73 bits per heavy atom. The molecule has 1 aliphatic heterocycles. The van der Waals surface area contributed by atoms with E-state index in [1.807, 2.05) is 27.7 Å². The number of aromatic nitrogens is 3. The van der Waals surface area contributed by atoms with Crippen LogP contribution in [0.2, 0.25) is 5.54 Å². The SMILES string of the molecule is CC(C)CCOC(=O)C[C@H](NP(=O)(OC[C@@]1(F)O[C@@](C)(c2ccc3c(N)ncnn23)[C@H](O)[C@@H]1O)Oc1ccccc1)C([SiH3])C(=O)OCCC(C)C. The standard InChI is InChI=1S/C33H49FN5O10PSi/c1-20(2)13-15-45-26(40)17-23(27(51)31(43)46-16-14-21(3)4)38-50(44,48-22-9-7-6-8-10-22)47-18-33(34)29(42)28(41)32(5,49-33)25-12-11-24-30(35)36-19-37-39(24)25/h6-12,19-21,23,27-29,41-42H,13-18H2,1-5,51H3,(H,38,44)(H2,35,36,37)/t23-,27?,28+,29-,32-,33+,50?/m0/s1. The Morgan fingerprint density at radius 1 is 1.08 bits per heavy atom. The summed E-state index contributed by atoms with van der Waals surface area (Å²) in [7, 11) is -4.57. The molecule has 0 aliphatic carbocycles. The molecule has 0 amide bonds. The third kappa shape index (κ3) is 9.91. The molecular formula is C33H49FN5O10PSi. The van der Waals surface area contributed by atoms with Crippen LogP contribution in [0.3, 0.4) is 0 Å². The zero-order valence-electron chi connectivity index (χ0n) is 29.7. The second-order valence-corrected chi connectivity index (χ2v) is 16.6. The first-order valence-electron chi connectivity index (χ1n) is 16.9. The van der Waals surface area contributed by atoms with E-state index in [1.54, 1.807) is 24.3 Å². The highest BCUT2D eigenvalue weighted by molar-refractivity contribution is 7.52. The van der Waals surface area contributed by atoms with Crippen molar-refractivity contribution in [1.82, 2.24) is 19.7 Å². The number of nitrogen functional groups attached to an aromatic ring is 1. The van der Waals surface area contributed by atoms with Gasteiger partial charge in [-0.05, 0) is 55.9 Å². The van der Waals surface area contributed by atoms with E-state index in [9.17, 15) is 24.4 Å². The molecule has 2 unspecified atom stereocenters. The molecule has 2 aromatic heterocycles. The third-order valence-electron chi connectivity index (χ3n) is 8.66. The summed E-state index contributed by atoms with van der Waals surface area (Å²) in [5.41, 5.74) is 3.60. The van der Waals surface area contributed by atoms with Crippen LogP contribution in [-0.4, -0.2) is 90.9 Å². The fourth-order valence-electron chi connectivity index (χ4n) is 5.42. The van der Waals surface area contributed by atoms with Gasteiger partial charge in [0.25, 0.3) is 5.85 Å². The number of hydrogen-bond donors (Lipinski definition) is 4. The average molecular weight is 754 g/mol. The van der Waals surface area contributed by atoms with E-state index in [0.717, 1.165) is 0 Å². The van der Waals surface area contributed by atoms with E-state index < -0.39 is 68.0 Å². The van der Waals surface area contributed by atoms with Crippen molar-refractivity contribution in [2.24, 2.45) is 11.8 Å². The average Bonchev–Trinajstić information content (AvgIpc) is 3.59. The summed E-state index contributed by atoms with van der Waals surface area (Å²) in [6.45, 7) is 8.32. The molecule has 0 bridgehead atoms. The number of halogens is 1. The minimum atomic E-state index is -4.72.